The van der Waals surface area contributed by atoms with Crippen molar-refractivity contribution in [1.29, 1.82) is 0 Å². The van der Waals surface area contributed by atoms with Crippen LogP contribution in [0.25, 0.3) is 0 Å². The summed E-state index contributed by atoms with van der Waals surface area (Å²) in [6.07, 6.45) is 2.31. The second-order valence-electron chi connectivity index (χ2n) is 4.09. The van der Waals surface area contributed by atoms with Gasteiger partial charge in [0.2, 0.25) is 0 Å². The molecule has 1 rings (SSSR count). The van der Waals surface area contributed by atoms with Crippen LogP contribution in [-0.2, 0) is 6.54 Å². The lowest BCUT2D eigenvalue weighted by Crippen LogP contribution is -2.16. The van der Waals surface area contributed by atoms with Gasteiger partial charge in [0.05, 0.1) is 0 Å². The van der Waals surface area contributed by atoms with Gasteiger partial charge >= 0.3 is 0 Å². The predicted molar refractivity (Wildman–Crippen MR) is 66.9 cm³/mol. The Bertz CT molecular complexity index is 298. The molecule has 0 spiro atoms. The molecule has 15 heavy (non-hydrogen) atoms. The molecule has 1 aromatic carbocycles. The van der Waals surface area contributed by atoms with Gasteiger partial charge in [0.15, 0.2) is 0 Å². The van der Waals surface area contributed by atoms with E-state index in [2.05, 4.69) is 50.0 Å². The quantitative estimate of drug-likeness (QED) is 0.698. The Labute approximate surface area is 93.2 Å². The Morgan fingerprint density at radius 2 is 1.93 bits per heavy atom. The Kier molecular flexibility index (Phi) is 5.13. The van der Waals surface area contributed by atoms with Gasteiger partial charge in [0.1, 0.15) is 0 Å². The van der Waals surface area contributed by atoms with E-state index in [0.29, 0.717) is 0 Å². The highest BCUT2D eigenvalue weighted by atomic mass is 14.8. The highest BCUT2D eigenvalue weighted by Crippen LogP contribution is 2.03. The number of hydrogen-bond donors (Lipinski definition) is 1. The molecule has 0 fully saturated rings. The lowest BCUT2D eigenvalue weighted by Gasteiger charge is -2.07. The molecule has 0 aliphatic heterocycles. The van der Waals surface area contributed by atoms with Crippen molar-refractivity contribution in [3.8, 4) is 0 Å². The fourth-order valence-electron chi connectivity index (χ4n) is 1.53. The van der Waals surface area contributed by atoms with E-state index < -0.39 is 0 Å². The van der Waals surface area contributed by atoms with Crippen LogP contribution < -0.4 is 5.32 Å². The molecule has 0 atom stereocenters. The molecular weight excluding hydrogens is 182 g/mol. The van der Waals surface area contributed by atoms with Gasteiger partial charge < -0.3 is 5.32 Å². The molecule has 1 nitrogen and oxygen atoms in total. The van der Waals surface area contributed by atoms with Crippen LogP contribution in [0.4, 0.5) is 0 Å². The molecule has 0 saturated carbocycles. The fraction of sp³-hybridized carbons (Fsp3) is 0.429. The van der Waals surface area contributed by atoms with Crippen molar-refractivity contribution in [2.45, 2.75) is 33.2 Å². The van der Waals surface area contributed by atoms with Crippen molar-refractivity contribution < 1.29 is 0 Å². The third-order valence-corrected chi connectivity index (χ3v) is 2.43. The number of rotatable bonds is 6. The number of hydrogen-bond acceptors (Lipinski definition) is 1. The van der Waals surface area contributed by atoms with Crippen molar-refractivity contribution >= 4 is 0 Å². The SMILES string of the molecule is C=C(CCC)CNCc1ccc(C)cc1. The number of benzene rings is 1. The maximum atomic E-state index is 4.03. The van der Waals surface area contributed by atoms with Crippen LogP contribution in [0, 0.1) is 6.92 Å². The largest absolute Gasteiger partial charge is 0.309 e. The van der Waals surface area contributed by atoms with E-state index in [1.54, 1.807) is 0 Å². The van der Waals surface area contributed by atoms with E-state index in [9.17, 15) is 0 Å². The van der Waals surface area contributed by atoms with Crippen molar-refractivity contribution in [3.05, 3.63) is 47.5 Å². The zero-order valence-corrected chi connectivity index (χ0v) is 9.84. The van der Waals surface area contributed by atoms with Crippen LogP contribution in [-0.4, -0.2) is 6.54 Å². The number of nitrogens with one attached hydrogen (secondary N) is 1. The monoisotopic (exact) mass is 203 g/mol. The molecule has 1 heteroatoms. The van der Waals surface area contributed by atoms with Gasteiger partial charge in [0.25, 0.3) is 0 Å². The lowest BCUT2D eigenvalue weighted by atomic mass is 10.1. The average Bonchev–Trinajstić information content (AvgIpc) is 2.21. The van der Waals surface area contributed by atoms with Gasteiger partial charge in [-0.1, -0.05) is 55.3 Å². The van der Waals surface area contributed by atoms with Crippen LogP contribution in [0.15, 0.2) is 36.4 Å². The van der Waals surface area contributed by atoms with Crippen LogP contribution in [0.2, 0.25) is 0 Å². The molecule has 0 radical (unpaired) electrons. The molecule has 0 amide bonds. The third kappa shape index (κ3) is 4.80. The first-order chi connectivity index (χ1) is 7.22. The Morgan fingerprint density at radius 3 is 2.53 bits per heavy atom. The molecule has 0 aliphatic rings. The zero-order chi connectivity index (χ0) is 11.1. The van der Waals surface area contributed by atoms with E-state index in [4.69, 9.17) is 0 Å². The number of aryl methyl sites for hydroxylation is 1. The summed E-state index contributed by atoms with van der Waals surface area (Å²) in [6.45, 7) is 10.2. The van der Waals surface area contributed by atoms with Crippen LogP contribution >= 0.6 is 0 Å². The standard InChI is InChI=1S/C14H21N/c1-4-5-13(3)10-15-11-14-8-6-12(2)7-9-14/h6-9,15H,3-5,10-11H2,1-2H3. The molecular formula is C14H21N. The highest BCUT2D eigenvalue weighted by molar-refractivity contribution is 5.21. The summed E-state index contributed by atoms with van der Waals surface area (Å²) in [5, 5.41) is 3.41. The van der Waals surface area contributed by atoms with Crippen molar-refractivity contribution in [1.82, 2.24) is 5.32 Å². The Morgan fingerprint density at radius 1 is 1.27 bits per heavy atom. The lowest BCUT2D eigenvalue weighted by molar-refractivity contribution is 0.713. The molecule has 1 N–H and O–H groups in total. The highest BCUT2D eigenvalue weighted by Gasteiger charge is 1.94. The summed E-state index contributed by atoms with van der Waals surface area (Å²) in [5.74, 6) is 0. The van der Waals surface area contributed by atoms with Gasteiger partial charge in [0, 0.05) is 13.1 Å². The second-order valence-corrected chi connectivity index (χ2v) is 4.09. The maximum absolute atomic E-state index is 4.03. The smallest absolute Gasteiger partial charge is 0.0208 e. The normalized spacial score (nSPS) is 10.3. The minimum atomic E-state index is 0.932. The predicted octanol–water partition coefficient (Wildman–Crippen LogP) is 3.44. The zero-order valence-electron chi connectivity index (χ0n) is 9.84. The van der Waals surface area contributed by atoms with Crippen molar-refractivity contribution in [3.63, 3.8) is 0 Å². The van der Waals surface area contributed by atoms with Crippen LogP contribution in [0.3, 0.4) is 0 Å². The molecule has 0 saturated heterocycles. The topological polar surface area (TPSA) is 12.0 Å². The molecule has 1 aromatic rings. The van der Waals surface area contributed by atoms with E-state index in [0.717, 1.165) is 19.5 Å². The van der Waals surface area contributed by atoms with Gasteiger partial charge in [-0.2, -0.15) is 0 Å². The van der Waals surface area contributed by atoms with E-state index in [-0.39, 0.29) is 0 Å². The van der Waals surface area contributed by atoms with Crippen LogP contribution in [0.5, 0.6) is 0 Å². The first-order valence-electron chi connectivity index (χ1n) is 5.65. The maximum Gasteiger partial charge on any atom is 0.0208 e. The van der Waals surface area contributed by atoms with E-state index in [1.165, 1.54) is 23.1 Å². The Hall–Kier alpha value is -1.08. The summed E-state index contributed by atoms with van der Waals surface area (Å²) >= 11 is 0. The third-order valence-electron chi connectivity index (χ3n) is 2.43. The minimum absolute atomic E-state index is 0.932. The minimum Gasteiger partial charge on any atom is -0.309 e. The summed E-state index contributed by atoms with van der Waals surface area (Å²) in [5.41, 5.74) is 3.95. The summed E-state index contributed by atoms with van der Waals surface area (Å²) in [4.78, 5) is 0. The second kappa shape index (κ2) is 6.41. The molecule has 0 aliphatic carbocycles. The first-order valence-corrected chi connectivity index (χ1v) is 5.65. The van der Waals surface area contributed by atoms with Gasteiger partial charge in [-0.3, -0.25) is 0 Å². The molecule has 82 valence electrons. The molecule has 0 heterocycles. The summed E-state index contributed by atoms with van der Waals surface area (Å²) in [7, 11) is 0. The first kappa shape index (κ1) is 12.0. The fourth-order valence-corrected chi connectivity index (χ4v) is 1.53. The van der Waals surface area contributed by atoms with E-state index >= 15 is 0 Å². The van der Waals surface area contributed by atoms with Gasteiger partial charge in [-0.05, 0) is 18.9 Å². The molecule has 0 aromatic heterocycles. The van der Waals surface area contributed by atoms with Crippen LogP contribution in [0.1, 0.15) is 30.9 Å². The summed E-state index contributed by atoms with van der Waals surface area (Å²) in [6, 6.07) is 8.64. The summed E-state index contributed by atoms with van der Waals surface area (Å²) < 4.78 is 0. The molecule has 0 unspecified atom stereocenters. The van der Waals surface area contributed by atoms with Gasteiger partial charge in [-0.15, -0.1) is 0 Å². The Balaban J connectivity index is 2.26. The molecule has 0 bridgehead atoms. The average molecular weight is 203 g/mol. The van der Waals surface area contributed by atoms with Crippen molar-refractivity contribution in [2.75, 3.05) is 6.54 Å². The van der Waals surface area contributed by atoms with Gasteiger partial charge in [-0.25, -0.2) is 0 Å². The van der Waals surface area contributed by atoms with Crippen molar-refractivity contribution in [2.24, 2.45) is 0 Å². The van der Waals surface area contributed by atoms with E-state index in [1.807, 2.05) is 0 Å².